The van der Waals surface area contributed by atoms with Crippen LogP contribution in [-0.2, 0) is 4.79 Å². The number of amides is 1. The number of nitrogens with one attached hydrogen (secondary N) is 2. The van der Waals surface area contributed by atoms with Crippen molar-refractivity contribution in [3.63, 3.8) is 0 Å². The molecule has 0 aromatic heterocycles. The molecule has 0 aliphatic carbocycles. The molecule has 1 aliphatic rings. The predicted molar refractivity (Wildman–Crippen MR) is 114 cm³/mol. The maximum Gasteiger partial charge on any atom is 0.278 e. The number of rotatable bonds is 7. The molecule has 0 radical (unpaired) electrons. The average molecular weight is 380 g/mol. The van der Waals surface area contributed by atoms with Crippen molar-refractivity contribution in [1.29, 1.82) is 0 Å². The predicted octanol–water partition coefficient (Wildman–Crippen LogP) is 0.703. The van der Waals surface area contributed by atoms with E-state index in [0.717, 1.165) is 32.7 Å². The van der Waals surface area contributed by atoms with Gasteiger partial charge in [0.05, 0.1) is 12.6 Å². The number of nitrogens with zero attached hydrogens (tertiary/aromatic N) is 1. The van der Waals surface area contributed by atoms with Crippen LogP contribution < -0.4 is 9.80 Å². The van der Waals surface area contributed by atoms with E-state index in [0.29, 0.717) is 6.54 Å². The van der Waals surface area contributed by atoms with Crippen molar-refractivity contribution in [1.82, 2.24) is 4.90 Å². The maximum absolute atomic E-state index is 12.7. The molecule has 0 unspecified atom stereocenters. The Balaban J connectivity index is 1.41. The van der Waals surface area contributed by atoms with Gasteiger partial charge in [-0.1, -0.05) is 66.7 Å². The van der Waals surface area contributed by atoms with Gasteiger partial charge in [0.25, 0.3) is 5.91 Å². The van der Waals surface area contributed by atoms with Gasteiger partial charge < -0.3 is 14.7 Å². The minimum atomic E-state index is 0.114. The number of benzene rings is 2. The largest absolute Gasteiger partial charge is 0.334 e. The van der Waals surface area contributed by atoms with Crippen LogP contribution in [0.3, 0.4) is 0 Å². The second kappa shape index (κ2) is 10.2. The minimum absolute atomic E-state index is 0.114. The van der Waals surface area contributed by atoms with Gasteiger partial charge in [0.15, 0.2) is 6.54 Å². The summed E-state index contributed by atoms with van der Waals surface area (Å²) in [5.41, 5.74) is 2.44. The Kier molecular flexibility index (Phi) is 7.40. The minimum Gasteiger partial charge on any atom is -0.334 e. The van der Waals surface area contributed by atoms with E-state index >= 15 is 0 Å². The summed E-state index contributed by atoms with van der Waals surface area (Å²) >= 11 is 0. The summed E-state index contributed by atoms with van der Waals surface area (Å²) in [5, 5.41) is 0. The molecular formula is C24H33N3O+2. The molecule has 1 amide bonds. The molecule has 0 saturated carbocycles. The fourth-order valence-electron chi connectivity index (χ4n) is 3.77. The topological polar surface area (TPSA) is 29.2 Å². The van der Waals surface area contributed by atoms with Crippen molar-refractivity contribution in [3.05, 3.63) is 77.9 Å². The van der Waals surface area contributed by atoms with Crippen LogP contribution in [0.4, 0.5) is 0 Å². The van der Waals surface area contributed by atoms with Crippen molar-refractivity contribution in [2.75, 3.05) is 46.3 Å². The molecule has 2 N–H and O–H groups in total. The molecule has 4 heteroatoms. The number of hydrogen-bond donors (Lipinski definition) is 2. The number of carbonyl (C=O) groups is 1. The number of quaternary nitrogens is 2. The smallest absolute Gasteiger partial charge is 0.278 e. The summed E-state index contributed by atoms with van der Waals surface area (Å²) in [6, 6.07) is 20.8. The van der Waals surface area contributed by atoms with Crippen molar-refractivity contribution in [2.45, 2.75) is 13.0 Å². The van der Waals surface area contributed by atoms with E-state index in [1.165, 1.54) is 16.0 Å². The standard InChI is InChI=1S/C24H31N3O/c1-21(23-13-7-4-8-14-23)25(2)24(28)20-27-18-16-26(17-19-27)15-9-12-22-10-5-3-6-11-22/h3-14,21H,15-20H2,1-2H3/p+2/b12-9+/t21-/m0/s1. The molecule has 1 saturated heterocycles. The lowest BCUT2D eigenvalue weighted by Crippen LogP contribution is -3.28. The Labute approximate surface area is 169 Å². The lowest BCUT2D eigenvalue weighted by Gasteiger charge is -2.31. The highest BCUT2D eigenvalue weighted by Crippen LogP contribution is 2.17. The average Bonchev–Trinajstić information content (AvgIpc) is 2.75. The van der Waals surface area contributed by atoms with Crippen LogP contribution in [-0.4, -0.2) is 57.1 Å². The third-order valence-electron chi connectivity index (χ3n) is 5.84. The van der Waals surface area contributed by atoms with Crippen molar-refractivity contribution >= 4 is 12.0 Å². The number of piperazine rings is 1. The first-order valence-corrected chi connectivity index (χ1v) is 10.3. The number of carbonyl (C=O) groups excluding carboxylic acids is 1. The quantitative estimate of drug-likeness (QED) is 0.729. The van der Waals surface area contributed by atoms with Gasteiger partial charge >= 0.3 is 0 Å². The molecule has 0 spiro atoms. The van der Waals surface area contributed by atoms with E-state index in [2.05, 4.69) is 55.5 Å². The van der Waals surface area contributed by atoms with Gasteiger partial charge in [-0.15, -0.1) is 0 Å². The van der Waals surface area contributed by atoms with Crippen molar-refractivity contribution in [3.8, 4) is 0 Å². The van der Waals surface area contributed by atoms with Gasteiger partial charge in [-0.25, -0.2) is 0 Å². The molecular weight excluding hydrogens is 346 g/mol. The monoisotopic (exact) mass is 379 g/mol. The maximum atomic E-state index is 12.7. The van der Waals surface area contributed by atoms with E-state index < -0.39 is 0 Å². The highest BCUT2D eigenvalue weighted by atomic mass is 16.2. The summed E-state index contributed by atoms with van der Waals surface area (Å²) in [4.78, 5) is 17.6. The third kappa shape index (κ3) is 5.78. The van der Waals surface area contributed by atoms with E-state index in [-0.39, 0.29) is 11.9 Å². The molecule has 28 heavy (non-hydrogen) atoms. The summed E-state index contributed by atoms with van der Waals surface area (Å²) in [7, 11) is 1.93. The van der Waals surface area contributed by atoms with Gasteiger partial charge in [-0.2, -0.15) is 0 Å². The highest BCUT2D eigenvalue weighted by Gasteiger charge is 2.26. The molecule has 2 aromatic carbocycles. The van der Waals surface area contributed by atoms with Crippen LogP contribution >= 0.6 is 0 Å². The molecule has 1 atom stereocenters. The molecule has 148 valence electrons. The van der Waals surface area contributed by atoms with Crippen LogP contribution in [0.5, 0.6) is 0 Å². The molecule has 1 aliphatic heterocycles. The molecule has 3 rings (SSSR count). The molecule has 1 fully saturated rings. The van der Waals surface area contributed by atoms with Gasteiger partial charge in [-0.05, 0) is 24.1 Å². The summed E-state index contributed by atoms with van der Waals surface area (Å²) < 4.78 is 0. The first kappa shape index (κ1) is 20.3. The Hall–Kier alpha value is -2.43. The Morgan fingerprint density at radius 3 is 2.18 bits per heavy atom. The van der Waals surface area contributed by atoms with Crippen LogP contribution in [0.2, 0.25) is 0 Å². The zero-order valence-electron chi connectivity index (χ0n) is 17.1. The van der Waals surface area contributed by atoms with Crippen LogP contribution in [0.15, 0.2) is 66.7 Å². The summed E-state index contributed by atoms with van der Waals surface area (Å²) in [5.74, 6) is 0.235. The van der Waals surface area contributed by atoms with E-state index in [9.17, 15) is 4.79 Å². The van der Waals surface area contributed by atoms with Crippen molar-refractivity contribution < 1.29 is 14.6 Å². The van der Waals surface area contributed by atoms with Gasteiger partial charge in [0.2, 0.25) is 0 Å². The van der Waals surface area contributed by atoms with E-state index in [1.54, 1.807) is 4.90 Å². The number of likely N-dealkylation sites (N-methyl/N-ethyl adjacent to an activating group) is 1. The first-order chi connectivity index (χ1) is 13.6. The summed E-state index contributed by atoms with van der Waals surface area (Å²) in [6.45, 7) is 8.13. The summed E-state index contributed by atoms with van der Waals surface area (Å²) in [6.07, 6.45) is 4.48. The SMILES string of the molecule is C[C@@H](c1ccccc1)N(C)C(=O)C[NH+]1CC[NH+](C/C=C/c2ccccc2)CC1. The fourth-order valence-corrected chi connectivity index (χ4v) is 3.77. The van der Waals surface area contributed by atoms with Gasteiger partial charge in [-0.3, -0.25) is 4.79 Å². The second-order valence-electron chi connectivity index (χ2n) is 7.79. The van der Waals surface area contributed by atoms with Crippen LogP contribution in [0.25, 0.3) is 6.08 Å². The zero-order chi connectivity index (χ0) is 19.8. The van der Waals surface area contributed by atoms with Gasteiger partial charge in [0, 0.05) is 7.05 Å². The molecule has 4 nitrogen and oxygen atoms in total. The Morgan fingerprint density at radius 1 is 0.964 bits per heavy atom. The van der Waals surface area contributed by atoms with E-state index in [4.69, 9.17) is 0 Å². The lowest BCUT2D eigenvalue weighted by molar-refractivity contribution is -1.01. The second-order valence-corrected chi connectivity index (χ2v) is 7.79. The van der Waals surface area contributed by atoms with Crippen LogP contribution in [0, 0.1) is 0 Å². The highest BCUT2D eigenvalue weighted by molar-refractivity contribution is 5.77. The molecule has 2 aromatic rings. The van der Waals surface area contributed by atoms with E-state index in [1.807, 2.05) is 36.2 Å². The fraction of sp³-hybridized carbons (Fsp3) is 0.375. The molecule has 0 bridgehead atoms. The van der Waals surface area contributed by atoms with Crippen LogP contribution in [0.1, 0.15) is 24.1 Å². The molecule has 1 heterocycles. The Morgan fingerprint density at radius 2 is 1.54 bits per heavy atom. The number of hydrogen-bond acceptors (Lipinski definition) is 1. The third-order valence-corrected chi connectivity index (χ3v) is 5.84. The normalized spacial score (nSPS) is 20.8. The lowest BCUT2D eigenvalue weighted by atomic mass is 10.1. The zero-order valence-corrected chi connectivity index (χ0v) is 17.1. The van der Waals surface area contributed by atoms with Crippen molar-refractivity contribution in [2.24, 2.45) is 0 Å². The van der Waals surface area contributed by atoms with Gasteiger partial charge in [0.1, 0.15) is 26.2 Å². The first-order valence-electron chi connectivity index (χ1n) is 10.3. The Bertz CT molecular complexity index is 752.